The summed E-state index contributed by atoms with van der Waals surface area (Å²) in [6, 6.07) is 9.07. The van der Waals surface area contributed by atoms with Gasteiger partial charge >= 0.3 is 11.9 Å². The van der Waals surface area contributed by atoms with E-state index in [1.807, 2.05) is 55.7 Å². The van der Waals surface area contributed by atoms with Crippen molar-refractivity contribution in [3.63, 3.8) is 0 Å². The fourth-order valence-electron chi connectivity index (χ4n) is 6.92. The highest BCUT2D eigenvalue weighted by Crippen LogP contribution is 2.37. The molecule has 21 nitrogen and oxygen atoms in total. The molecule has 0 fully saturated rings. The largest absolute Gasteiger partial charge is 0.481 e. The topological polar surface area (TPSA) is 329 Å². The molecule has 1 aliphatic heterocycles. The molecule has 3 aromatic rings. The van der Waals surface area contributed by atoms with Crippen molar-refractivity contribution in [2.75, 3.05) is 32.8 Å². The molecule has 0 saturated heterocycles. The summed E-state index contributed by atoms with van der Waals surface area (Å²) >= 11 is 0. The van der Waals surface area contributed by atoms with E-state index in [-0.39, 0.29) is 38.3 Å². The van der Waals surface area contributed by atoms with Gasteiger partial charge in [-0.15, -0.1) is 0 Å². The number of carboxylic acids is 2. The zero-order chi connectivity index (χ0) is 51.4. The number of primary amides is 1. The number of carboxylic acid groups (broad SMARTS) is 2. The standard InChI is InChI=1S/C44H52F2N8O11.C2H6O2/c1-44(2,3)40(33-19-26(28-20-27(45)9-10-29(28)46)23-53(33)22-25-7-5-4-6-8-25)48-17-15-30(41(62)49-18-16-35(56)50-31(43(64)65)11-14-39(60)61)52-42(63)32(21-34(47)55)51-36(57)24-54-37(58)12-13-38(54)59;3-1-2-4/h4-10,12-13,19-20,23,30-32,40,48H,11,14-18,21-22,24H2,1-3H3,(H2,47,55)(H,49,62)(H,50,56)(H,51,57)(H,52,63)(H,60,61)(H,64,65);3-4H,1-2H2/t30-,31+,32+,40-;/m0./s1. The van der Waals surface area contributed by atoms with E-state index in [1.54, 1.807) is 12.3 Å². The number of imide groups is 1. The van der Waals surface area contributed by atoms with Gasteiger partial charge in [-0.3, -0.25) is 43.3 Å². The highest BCUT2D eigenvalue weighted by atomic mass is 19.1. The molecule has 7 amide bonds. The number of nitrogens with zero attached hydrogens (tertiary/aromatic N) is 2. The van der Waals surface area contributed by atoms with Gasteiger partial charge in [0.2, 0.25) is 29.5 Å². The number of amides is 7. The Morgan fingerprint density at radius 3 is 1.97 bits per heavy atom. The molecule has 0 spiro atoms. The Kier molecular flexibility index (Phi) is 21.8. The van der Waals surface area contributed by atoms with Gasteiger partial charge in [0.15, 0.2) is 0 Å². The molecule has 0 unspecified atom stereocenters. The number of aliphatic hydroxyl groups is 2. The predicted octanol–water partition coefficient (Wildman–Crippen LogP) is 0.230. The molecular weight excluding hydrogens is 911 g/mol. The van der Waals surface area contributed by atoms with Crippen LogP contribution in [0.2, 0.25) is 0 Å². The minimum Gasteiger partial charge on any atom is -0.481 e. The van der Waals surface area contributed by atoms with Crippen LogP contribution in [0.4, 0.5) is 8.78 Å². The maximum absolute atomic E-state index is 15.1. The van der Waals surface area contributed by atoms with Crippen LogP contribution in [0.25, 0.3) is 11.1 Å². The molecule has 11 N–H and O–H groups in total. The van der Waals surface area contributed by atoms with Gasteiger partial charge in [-0.1, -0.05) is 51.1 Å². The first-order valence-corrected chi connectivity index (χ1v) is 21.6. The van der Waals surface area contributed by atoms with Crippen molar-refractivity contribution in [1.82, 2.24) is 36.1 Å². The number of benzene rings is 2. The third kappa shape index (κ3) is 18.3. The molecule has 0 radical (unpaired) electrons. The molecule has 2 aromatic carbocycles. The van der Waals surface area contributed by atoms with Crippen molar-refractivity contribution in [3.8, 4) is 11.1 Å². The first-order valence-electron chi connectivity index (χ1n) is 21.6. The fraction of sp³-hybridized carbons (Fsp3) is 0.413. The minimum atomic E-state index is -1.68. The van der Waals surface area contributed by atoms with E-state index >= 15 is 4.39 Å². The monoisotopic (exact) mass is 968 g/mol. The van der Waals surface area contributed by atoms with Gasteiger partial charge < -0.3 is 57.3 Å². The summed E-state index contributed by atoms with van der Waals surface area (Å²) in [5.74, 6) is -10.3. The van der Waals surface area contributed by atoms with Crippen LogP contribution in [0.1, 0.15) is 70.2 Å². The van der Waals surface area contributed by atoms with Crippen molar-refractivity contribution < 1.29 is 72.4 Å². The molecule has 4 rings (SSSR count). The third-order valence-corrected chi connectivity index (χ3v) is 10.2. The second-order valence-electron chi connectivity index (χ2n) is 16.8. The lowest BCUT2D eigenvalue weighted by Gasteiger charge is -2.33. The van der Waals surface area contributed by atoms with Crippen LogP contribution in [-0.2, 0) is 49.7 Å². The number of hydrogen-bond acceptors (Lipinski definition) is 12. The number of nitrogens with one attached hydrogen (secondary N) is 5. The lowest BCUT2D eigenvalue weighted by atomic mass is 9.84. The van der Waals surface area contributed by atoms with Crippen LogP contribution in [-0.4, -0.2) is 134 Å². The summed E-state index contributed by atoms with van der Waals surface area (Å²) in [6.07, 6.45) is 1.29. The third-order valence-electron chi connectivity index (χ3n) is 10.2. The molecular formula is C46H58F2N8O13. The summed E-state index contributed by atoms with van der Waals surface area (Å²) < 4.78 is 31.4. The van der Waals surface area contributed by atoms with E-state index in [1.165, 1.54) is 0 Å². The predicted molar refractivity (Wildman–Crippen MR) is 242 cm³/mol. The van der Waals surface area contributed by atoms with Crippen LogP contribution < -0.4 is 32.3 Å². The van der Waals surface area contributed by atoms with Gasteiger partial charge in [-0.05, 0) is 54.6 Å². The number of hydrogen-bond donors (Lipinski definition) is 10. The lowest BCUT2D eigenvalue weighted by Crippen LogP contribution is -2.56. The summed E-state index contributed by atoms with van der Waals surface area (Å²) in [5.41, 5.74) is 6.79. The molecule has 0 aliphatic carbocycles. The average Bonchev–Trinajstić information content (AvgIpc) is 3.83. The van der Waals surface area contributed by atoms with E-state index in [0.29, 0.717) is 22.7 Å². The normalized spacial score (nSPS) is 13.9. The zero-order valence-corrected chi connectivity index (χ0v) is 38.2. The van der Waals surface area contributed by atoms with E-state index in [9.17, 15) is 52.6 Å². The number of aliphatic carboxylic acids is 2. The number of carbonyl (C=O) groups excluding carboxylic acids is 7. The number of rotatable bonds is 25. The van der Waals surface area contributed by atoms with Crippen LogP contribution in [0, 0.1) is 17.0 Å². The van der Waals surface area contributed by atoms with E-state index in [2.05, 4.69) is 26.6 Å². The van der Waals surface area contributed by atoms with E-state index in [0.717, 1.165) is 35.9 Å². The van der Waals surface area contributed by atoms with Gasteiger partial charge in [0.25, 0.3) is 11.8 Å². The first kappa shape index (κ1) is 56.0. The van der Waals surface area contributed by atoms with E-state index in [4.69, 9.17) is 21.1 Å². The van der Waals surface area contributed by atoms with Crippen LogP contribution in [0.5, 0.6) is 0 Å². The number of aliphatic hydroxyl groups excluding tert-OH is 2. The minimum absolute atomic E-state index is 0.0101. The van der Waals surface area contributed by atoms with Crippen molar-refractivity contribution in [2.24, 2.45) is 11.1 Å². The molecule has 374 valence electrons. The number of halogens is 2. The SMILES string of the molecule is CC(C)(C)[C@@H](NCC[C@H](NC(=O)[C@@H](CC(N)=O)NC(=O)CN1C(=O)C=CC1=O)C(=O)NCCC(=O)N[C@H](CCC(=O)O)C(=O)O)c1cc(-c2cc(F)ccc2F)cn1Cc1ccccc1.OCCO. The lowest BCUT2D eigenvalue weighted by molar-refractivity contribution is -0.143. The van der Waals surface area contributed by atoms with E-state index < -0.39 is 127 Å². The Labute approximate surface area is 395 Å². The van der Waals surface area contributed by atoms with Gasteiger partial charge in [0, 0.05) is 61.1 Å². The second-order valence-corrected chi connectivity index (χ2v) is 16.8. The van der Waals surface area contributed by atoms with Crippen LogP contribution in [0.3, 0.4) is 0 Å². The van der Waals surface area contributed by atoms with Crippen molar-refractivity contribution in [3.05, 3.63) is 95.8 Å². The van der Waals surface area contributed by atoms with Gasteiger partial charge in [-0.2, -0.15) is 0 Å². The van der Waals surface area contributed by atoms with Gasteiger partial charge in [0.1, 0.15) is 36.3 Å². The highest BCUT2D eigenvalue weighted by molar-refractivity contribution is 6.14. The fourth-order valence-corrected chi connectivity index (χ4v) is 6.92. The average molecular weight is 969 g/mol. The number of aromatic nitrogens is 1. The molecule has 69 heavy (non-hydrogen) atoms. The van der Waals surface area contributed by atoms with Gasteiger partial charge in [-0.25, -0.2) is 13.6 Å². The smallest absolute Gasteiger partial charge is 0.326 e. The second kappa shape index (κ2) is 26.8. The molecule has 1 aromatic heterocycles. The Morgan fingerprint density at radius 1 is 0.754 bits per heavy atom. The molecule has 1 aliphatic rings. The summed E-state index contributed by atoms with van der Waals surface area (Å²) in [4.78, 5) is 112. The Bertz CT molecular complexity index is 2330. The molecule has 2 heterocycles. The summed E-state index contributed by atoms with van der Waals surface area (Å²) in [6.45, 7) is 4.69. The van der Waals surface area contributed by atoms with Gasteiger partial charge in [0.05, 0.1) is 25.7 Å². The van der Waals surface area contributed by atoms with Crippen molar-refractivity contribution in [1.29, 1.82) is 0 Å². The molecule has 0 saturated carbocycles. The molecule has 4 atom stereocenters. The number of nitrogens with two attached hydrogens (primary N) is 1. The maximum atomic E-state index is 15.1. The molecule has 23 heteroatoms. The van der Waals surface area contributed by atoms with Crippen molar-refractivity contribution in [2.45, 2.75) is 83.6 Å². The van der Waals surface area contributed by atoms with Crippen LogP contribution in [0.15, 0.2) is 72.9 Å². The quantitative estimate of drug-likeness (QED) is 0.0509. The highest BCUT2D eigenvalue weighted by Gasteiger charge is 2.33. The molecule has 0 bridgehead atoms. The van der Waals surface area contributed by atoms with Crippen LogP contribution >= 0.6 is 0 Å². The Hall–Kier alpha value is -7.37. The Balaban J connectivity index is 0.00000303. The summed E-state index contributed by atoms with van der Waals surface area (Å²) in [5, 5.41) is 46.5. The summed E-state index contributed by atoms with van der Waals surface area (Å²) in [7, 11) is 0. The number of carbonyl (C=O) groups is 9. The Morgan fingerprint density at radius 2 is 1.39 bits per heavy atom. The zero-order valence-electron chi connectivity index (χ0n) is 38.2. The maximum Gasteiger partial charge on any atom is 0.326 e. The first-order chi connectivity index (χ1) is 32.5. The van der Waals surface area contributed by atoms with Crippen molar-refractivity contribution >= 4 is 53.3 Å².